The summed E-state index contributed by atoms with van der Waals surface area (Å²) in [6.07, 6.45) is 2.59. The maximum atomic E-state index is 8.57. The fraction of sp³-hybridized carbons (Fsp3) is 0.571. The number of rotatable bonds is 2. The van der Waals surface area contributed by atoms with Crippen LogP contribution in [0.4, 0.5) is 0 Å². The summed E-state index contributed by atoms with van der Waals surface area (Å²) in [6, 6.07) is 0. The van der Waals surface area contributed by atoms with Gasteiger partial charge in [-0.3, -0.25) is 0 Å². The number of hydrogen-bond donors (Lipinski definition) is 1. The van der Waals surface area contributed by atoms with Gasteiger partial charge < -0.3 is 9.67 Å². The second-order valence-electron chi connectivity index (χ2n) is 2.36. The molecule has 0 unspecified atom stereocenters. The lowest BCUT2D eigenvalue weighted by Gasteiger charge is -1.87. The van der Waals surface area contributed by atoms with E-state index in [1.165, 1.54) is 0 Å². The third-order valence-electron chi connectivity index (χ3n) is 1.53. The van der Waals surface area contributed by atoms with Gasteiger partial charge in [0.15, 0.2) is 0 Å². The van der Waals surface area contributed by atoms with Crippen molar-refractivity contribution in [2.24, 2.45) is 7.05 Å². The molecule has 0 aromatic carbocycles. The summed E-state index contributed by atoms with van der Waals surface area (Å²) in [5.74, 6) is 0.989. The molecule has 0 amide bonds. The van der Waals surface area contributed by atoms with Crippen molar-refractivity contribution >= 4 is 0 Å². The monoisotopic (exact) mass is 140 g/mol. The summed E-state index contributed by atoms with van der Waals surface area (Å²) in [4.78, 5) is 4.20. The lowest BCUT2D eigenvalue weighted by molar-refractivity contribution is 0.298. The van der Waals surface area contributed by atoms with Crippen LogP contribution in [0.25, 0.3) is 0 Å². The molecule has 0 saturated carbocycles. The number of aliphatic hydroxyl groups is 1. The molecule has 0 aliphatic heterocycles. The zero-order valence-corrected chi connectivity index (χ0v) is 6.33. The Kier molecular flexibility index (Phi) is 2.06. The third-order valence-corrected chi connectivity index (χ3v) is 1.53. The van der Waals surface area contributed by atoms with Crippen molar-refractivity contribution < 1.29 is 5.11 Å². The van der Waals surface area contributed by atoms with Gasteiger partial charge in [-0.15, -0.1) is 0 Å². The summed E-state index contributed by atoms with van der Waals surface area (Å²) >= 11 is 0. The fourth-order valence-corrected chi connectivity index (χ4v) is 0.868. The first kappa shape index (κ1) is 7.28. The van der Waals surface area contributed by atoms with E-state index in [4.69, 9.17) is 5.11 Å². The predicted molar refractivity (Wildman–Crippen MR) is 38.7 cm³/mol. The van der Waals surface area contributed by atoms with E-state index in [1.807, 2.05) is 24.7 Å². The molecule has 0 aliphatic rings. The first-order valence-corrected chi connectivity index (χ1v) is 3.33. The molecule has 0 spiro atoms. The number of aromatic nitrogens is 2. The average Bonchev–Trinajstić information content (AvgIpc) is 2.14. The molecule has 0 aliphatic carbocycles. The molecule has 1 rings (SSSR count). The minimum Gasteiger partial charge on any atom is -0.396 e. The number of imidazole rings is 1. The van der Waals surface area contributed by atoms with Crippen molar-refractivity contribution in [1.29, 1.82) is 0 Å². The van der Waals surface area contributed by atoms with Crippen LogP contribution >= 0.6 is 0 Å². The maximum absolute atomic E-state index is 8.57. The third kappa shape index (κ3) is 1.36. The van der Waals surface area contributed by atoms with E-state index >= 15 is 0 Å². The Bertz CT molecular complexity index is 198. The number of aliphatic hydroxyl groups excluding tert-OH is 1. The quantitative estimate of drug-likeness (QED) is 0.640. The van der Waals surface area contributed by atoms with Crippen LogP contribution in [0.5, 0.6) is 0 Å². The molecular formula is C7H12N2O. The van der Waals surface area contributed by atoms with E-state index in [-0.39, 0.29) is 6.61 Å². The lowest BCUT2D eigenvalue weighted by Crippen LogP contribution is -1.89. The van der Waals surface area contributed by atoms with Crippen LogP contribution in [0, 0.1) is 6.92 Å². The minimum absolute atomic E-state index is 0.177. The Balaban J connectivity index is 2.77. The van der Waals surface area contributed by atoms with Crippen LogP contribution in [0.1, 0.15) is 11.5 Å². The maximum Gasteiger partial charge on any atom is 0.105 e. The van der Waals surface area contributed by atoms with E-state index in [1.54, 1.807) is 0 Å². The van der Waals surface area contributed by atoms with Crippen molar-refractivity contribution in [3.05, 3.63) is 17.7 Å². The van der Waals surface area contributed by atoms with Crippen molar-refractivity contribution in [3.8, 4) is 0 Å². The molecule has 3 nitrogen and oxygen atoms in total. The fourth-order valence-electron chi connectivity index (χ4n) is 0.868. The highest BCUT2D eigenvalue weighted by atomic mass is 16.3. The SMILES string of the molecule is Cc1nc(CCO)cn1C. The molecular weight excluding hydrogens is 128 g/mol. The molecule has 1 aromatic rings. The van der Waals surface area contributed by atoms with Gasteiger partial charge in [0.2, 0.25) is 0 Å². The van der Waals surface area contributed by atoms with Crippen LogP contribution in [0.2, 0.25) is 0 Å². The van der Waals surface area contributed by atoms with E-state index < -0.39 is 0 Å². The second kappa shape index (κ2) is 2.84. The number of aryl methyl sites for hydroxylation is 2. The van der Waals surface area contributed by atoms with Crippen LogP contribution < -0.4 is 0 Å². The van der Waals surface area contributed by atoms with Crippen LogP contribution in [0.3, 0.4) is 0 Å². The van der Waals surface area contributed by atoms with Gasteiger partial charge in [-0.05, 0) is 6.92 Å². The van der Waals surface area contributed by atoms with Gasteiger partial charge in [-0.2, -0.15) is 0 Å². The van der Waals surface area contributed by atoms with Gasteiger partial charge in [0.25, 0.3) is 0 Å². The molecule has 1 aromatic heterocycles. The summed E-state index contributed by atoms with van der Waals surface area (Å²) in [6.45, 7) is 2.12. The van der Waals surface area contributed by atoms with Gasteiger partial charge in [0.1, 0.15) is 5.82 Å². The number of hydrogen-bond acceptors (Lipinski definition) is 2. The smallest absolute Gasteiger partial charge is 0.105 e. The minimum atomic E-state index is 0.177. The van der Waals surface area contributed by atoms with Gasteiger partial charge in [-0.1, -0.05) is 0 Å². The summed E-state index contributed by atoms with van der Waals surface area (Å²) in [5.41, 5.74) is 0.961. The highest BCUT2D eigenvalue weighted by Crippen LogP contribution is 1.99. The molecule has 3 heteroatoms. The van der Waals surface area contributed by atoms with Gasteiger partial charge in [0, 0.05) is 26.3 Å². The highest BCUT2D eigenvalue weighted by molar-refractivity contribution is 5.02. The summed E-state index contributed by atoms with van der Waals surface area (Å²) in [7, 11) is 1.95. The number of nitrogens with zero attached hydrogens (tertiary/aromatic N) is 2. The van der Waals surface area contributed by atoms with E-state index in [0.29, 0.717) is 6.42 Å². The van der Waals surface area contributed by atoms with Gasteiger partial charge in [-0.25, -0.2) is 4.98 Å². The molecule has 0 bridgehead atoms. The molecule has 0 radical (unpaired) electrons. The zero-order valence-electron chi connectivity index (χ0n) is 6.33. The van der Waals surface area contributed by atoms with Crippen molar-refractivity contribution in [3.63, 3.8) is 0 Å². The normalized spacial score (nSPS) is 10.3. The second-order valence-corrected chi connectivity index (χ2v) is 2.36. The van der Waals surface area contributed by atoms with E-state index in [0.717, 1.165) is 11.5 Å². The molecule has 10 heavy (non-hydrogen) atoms. The first-order valence-electron chi connectivity index (χ1n) is 3.33. The van der Waals surface area contributed by atoms with E-state index in [9.17, 15) is 0 Å². The van der Waals surface area contributed by atoms with Crippen LogP contribution in [-0.2, 0) is 13.5 Å². The molecule has 0 saturated heterocycles. The lowest BCUT2D eigenvalue weighted by atomic mass is 10.4. The average molecular weight is 140 g/mol. The largest absolute Gasteiger partial charge is 0.396 e. The Morgan fingerprint density at radius 2 is 2.40 bits per heavy atom. The van der Waals surface area contributed by atoms with Crippen molar-refractivity contribution in [2.75, 3.05) is 6.61 Å². The van der Waals surface area contributed by atoms with Crippen molar-refractivity contribution in [2.45, 2.75) is 13.3 Å². The van der Waals surface area contributed by atoms with Gasteiger partial charge in [0.05, 0.1) is 5.69 Å². The Morgan fingerprint density at radius 1 is 1.70 bits per heavy atom. The van der Waals surface area contributed by atoms with E-state index in [2.05, 4.69) is 4.98 Å². The Hall–Kier alpha value is -0.830. The zero-order chi connectivity index (χ0) is 7.56. The van der Waals surface area contributed by atoms with Gasteiger partial charge >= 0.3 is 0 Å². The molecule has 56 valence electrons. The Morgan fingerprint density at radius 3 is 2.80 bits per heavy atom. The Labute approximate surface area is 60.3 Å². The molecule has 1 N–H and O–H groups in total. The highest BCUT2D eigenvalue weighted by Gasteiger charge is 1.98. The molecule has 0 fully saturated rings. The summed E-state index contributed by atoms with van der Waals surface area (Å²) in [5, 5.41) is 8.57. The molecule has 1 heterocycles. The van der Waals surface area contributed by atoms with Crippen LogP contribution in [0.15, 0.2) is 6.20 Å². The predicted octanol–water partition coefficient (Wildman–Crippen LogP) is 0.263. The summed E-state index contributed by atoms with van der Waals surface area (Å²) < 4.78 is 1.95. The first-order chi connectivity index (χ1) is 4.74. The van der Waals surface area contributed by atoms with Crippen LogP contribution in [-0.4, -0.2) is 21.3 Å². The van der Waals surface area contributed by atoms with Crippen molar-refractivity contribution in [1.82, 2.24) is 9.55 Å². The molecule has 0 atom stereocenters. The topological polar surface area (TPSA) is 38.1 Å². The standard InChI is InChI=1S/C7H12N2O/c1-6-8-7(3-4-10)5-9(6)2/h5,10H,3-4H2,1-2H3.